The molecule has 0 saturated heterocycles. The number of ether oxygens (including phenoxy) is 2. The van der Waals surface area contributed by atoms with Crippen LogP contribution in [0.2, 0.25) is 0 Å². The Hall–Kier alpha value is -2.53. The maximum absolute atomic E-state index is 11.5. The zero-order valence-electron chi connectivity index (χ0n) is 12.3. The lowest BCUT2D eigenvalue weighted by Crippen LogP contribution is -2.32. The molecule has 1 aromatic rings. The molecule has 1 aliphatic heterocycles. The molecular formula is C17H18N2O3. The van der Waals surface area contributed by atoms with Crippen LogP contribution < -0.4 is 15.8 Å². The van der Waals surface area contributed by atoms with Crippen LogP contribution in [0.5, 0.6) is 5.75 Å². The van der Waals surface area contributed by atoms with Crippen LogP contribution in [0.1, 0.15) is 13.3 Å². The van der Waals surface area contributed by atoms with Crippen LogP contribution in [0.4, 0.5) is 5.69 Å². The van der Waals surface area contributed by atoms with Crippen LogP contribution in [-0.2, 0) is 9.53 Å². The predicted molar refractivity (Wildman–Crippen MR) is 84.2 cm³/mol. The van der Waals surface area contributed by atoms with E-state index >= 15 is 0 Å². The van der Waals surface area contributed by atoms with Crippen LogP contribution in [0.3, 0.4) is 0 Å². The van der Waals surface area contributed by atoms with E-state index < -0.39 is 6.04 Å². The summed E-state index contributed by atoms with van der Waals surface area (Å²) in [6, 6.07) is 6.66. The monoisotopic (exact) mass is 298 g/mol. The zero-order chi connectivity index (χ0) is 15.5. The van der Waals surface area contributed by atoms with Gasteiger partial charge in [0.2, 0.25) is 5.91 Å². The fraction of sp³-hybridized carbons (Fsp3) is 0.235. The van der Waals surface area contributed by atoms with Crippen molar-refractivity contribution in [1.29, 1.82) is 0 Å². The summed E-state index contributed by atoms with van der Waals surface area (Å²) < 4.78 is 11.1. The number of amides is 1. The normalized spacial score (nSPS) is 17.5. The van der Waals surface area contributed by atoms with Gasteiger partial charge in [-0.1, -0.05) is 0 Å². The highest BCUT2D eigenvalue weighted by atomic mass is 16.5. The van der Waals surface area contributed by atoms with E-state index in [0.29, 0.717) is 18.0 Å². The lowest BCUT2D eigenvalue weighted by Gasteiger charge is -2.13. The Balaban J connectivity index is 1.63. The minimum atomic E-state index is -0.536. The molecule has 1 aliphatic carbocycles. The highest BCUT2D eigenvalue weighted by molar-refractivity contribution is 5.94. The van der Waals surface area contributed by atoms with Crippen molar-refractivity contribution in [3.8, 4) is 5.75 Å². The van der Waals surface area contributed by atoms with E-state index in [4.69, 9.17) is 15.2 Å². The first-order chi connectivity index (χ1) is 10.6. The third-order valence-electron chi connectivity index (χ3n) is 3.49. The van der Waals surface area contributed by atoms with Crippen molar-refractivity contribution in [2.24, 2.45) is 5.73 Å². The van der Waals surface area contributed by atoms with E-state index in [1.54, 1.807) is 25.3 Å². The molecule has 0 bridgehead atoms. The molecule has 1 atom stereocenters. The molecule has 3 N–H and O–H groups in total. The standard InChI is InChI=1S/C17H18N2O3/c1-11(18)17(20)19-14-3-6-15(7-4-14)22-16-5-2-12-9-21-10-13(12)8-16/h3-9,11H,2,10,18H2,1H3,(H,19,20)/t11-/m1/s1. The topological polar surface area (TPSA) is 73.6 Å². The number of anilines is 1. The highest BCUT2D eigenvalue weighted by Crippen LogP contribution is 2.29. The van der Waals surface area contributed by atoms with Crippen molar-refractivity contribution in [3.05, 3.63) is 59.6 Å². The first kappa shape index (κ1) is 14.4. The number of nitrogens with one attached hydrogen (secondary N) is 1. The summed E-state index contributed by atoms with van der Waals surface area (Å²) in [5, 5.41) is 2.73. The van der Waals surface area contributed by atoms with E-state index in [0.717, 1.165) is 12.2 Å². The van der Waals surface area contributed by atoms with Gasteiger partial charge < -0.3 is 20.5 Å². The smallest absolute Gasteiger partial charge is 0.240 e. The summed E-state index contributed by atoms with van der Waals surface area (Å²) in [7, 11) is 0. The third kappa shape index (κ3) is 3.20. The molecule has 0 fully saturated rings. The van der Waals surface area contributed by atoms with Crippen molar-refractivity contribution in [3.63, 3.8) is 0 Å². The second kappa shape index (κ2) is 6.07. The summed E-state index contributed by atoms with van der Waals surface area (Å²) in [6.45, 7) is 2.25. The van der Waals surface area contributed by atoms with Gasteiger partial charge in [-0.05, 0) is 60.9 Å². The average molecular weight is 298 g/mol. The molecule has 5 heteroatoms. The largest absolute Gasteiger partial charge is 0.496 e. The Morgan fingerprint density at radius 2 is 2.09 bits per heavy atom. The van der Waals surface area contributed by atoms with Crippen molar-refractivity contribution in [2.75, 3.05) is 11.9 Å². The lowest BCUT2D eigenvalue weighted by atomic mass is 10.0. The zero-order valence-corrected chi connectivity index (χ0v) is 12.3. The molecule has 2 aliphatic rings. The van der Waals surface area contributed by atoms with Gasteiger partial charge in [-0.3, -0.25) is 4.79 Å². The molecule has 0 aromatic heterocycles. The average Bonchev–Trinajstić information content (AvgIpc) is 2.96. The molecule has 0 spiro atoms. The molecular weight excluding hydrogens is 280 g/mol. The number of carbonyl (C=O) groups is 1. The molecule has 22 heavy (non-hydrogen) atoms. The maximum Gasteiger partial charge on any atom is 0.240 e. The van der Waals surface area contributed by atoms with Gasteiger partial charge >= 0.3 is 0 Å². The molecule has 0 saturated carbocycles. The van der Waals surface area contributed by atoms with Crippen LogP contribution >= 0.6 is 0 Å². The lowest BCUT2D eigenvalue weighted by molar-refractivity contribution is -0.117. The van der Waals surface area contributed by atoms with Gasteiger partial charge in [0, 0.05) is 5.69 Å². The Labute approximate surface area is 129 Å². The van der Waals surface area contributed by atoms with Crippen LogP contribution in [0.25, 0.3) is 0 Å². The molecule has 1 aromatic carbocycles. The van der Waals surface area contributed by atoms with E-state index in [1.165, 1.54) is 11.1 Å². The second-order valence-electron chi connectivity index (χ2n) is 5.34. The predicted octanol–water partition coefficient (Wildman–Crippen LogP) is 2.48. The van der Waals surface area contributed by atoms with Crippen molar-refractivity contribution in [2.45, 2.75) is 19.4 Å². The Morgan fingerprint density at radius 1 is 1.32 bits per heavy atom. The number of fused-ring (bicyclic) bond motifs is 1. The van der Waals surface area contributed by atoms with E-state index in [9.17, 15) is 4.79 Å². The SMILES string of the molecule is C[C@@H](N)C(=O)Nc1ccc(OC2=CCC3=COCC3=C2)cc1. The Bertz CT molecular complexity index is 670. The summed E-state index contributed by atoms with van der Waals surface area (Å²) in [5.74, 6) is 1.31. The number of carbonyl (C=O) groups excluding carboxylic acids is 1. The van der Waals surface area contributed by atoms with Crippen LogP contribution in [0, 0.1) is 0 Å². The first-order valence-electron chi connectivity index (χ1n) is 7.18. The molecule has 0 unspecified atom stereocenters. The minimum absolute atomic E-state index is 0.214. The first-order valence-corrected chi connectivity index (χ1v) is 7.18. The minimum Gasteiger partial charge on any atom is -0.496 e. The molecule has 1 amide bonds. The molecule has 3 rings (SSSR count). The van der Waals surface area contributed by atoms with E-state index in [1.807, 2.05) is 24.3 Å². The molecule has 5 nitrogen and oxygen atoms in total. The number of nitrogens with two attached hydrogens (primary N) is 1. The number of rotatable bonds is 4. The van der Waals surface area contributed by atoms with Crippen molar-refractivity contribution >= 4 is 11.6 Å². The number of benzene rings is 1. The van der Waals surface area contributed by atoms with Gasteiger partial charge in [-0.2, -0.15) is 0 Å². The fourth-order valence-electron chi connectivity index (χ4n) is 2.22. The number of allylic oxidation sites excluding steroid dienone is 2. The van der Waals surface area contributed by atoms with E-state index in [2.05, 4.69) is 5.32 Å². The molecule has 114 valence electrons. The van der Waals surface area contributed by atoms with Gasteiger partial charge in [0.1, 0.15) is 18.1 Å². The van der Waals surface area contributed by atoms with Gasteiger partial charge in [0.05, 0.1) is 12.3 Å². The second-order valence-corrected chi connectivity index (χ2v) is 5.34. The Morgan fingerprint density at radius 3 is 2.82 bits per heavy atom. The summed E-state index contributed by atoms with van der Waals surface area (Å²) in [6.07, 6.45) is 6.64. The van der Waals surface area contributed by atoms with Gasteiger partial charge in [0.15, 0.2) is 0 Å². The quantitative estimate of drug-likeness (QED) is 0.895. The highest BCUT2D eigenvalue weighted by Gasteiger charge is 2.17. The molecule has 0 radical (unpaired) electrons. The summed E-state index contributed by atoms with van der Waals surface area (Å²) in [4.78, 5) is 11.5. The number of hydrogen-bond acceptors (Lipinski definition) is 4. The number of hydrogen-bond donors (Lipinski definition) is 2. The Kier molecular flexibility index (Phi) is 3.98. The fourth-order valence-corrected chi connectivity index (χ4v) is 2.22. The maximum atomic E-state index is 11.5. The summed E-state index contributed by atoms with van der Waals surface area (Å²) >= 11 is 0. The van der Waals surface area contributed by atoms with Gasteiger partial charge in [-0.15, -0.1) is 0 Å². The van der Waals surface area contributed by atoms with Gasteiger partial charge in [0.25, 0.3) is 0 Å². The van der Waals surface area contributed by atoms with Crippen LogP contribution in [0.15, 0.2) is 59.6 Å². The third-order valence-corrected chi connectivity index (χ3v) is 3.49. The summed E-state index contributed by atoms with van der Waals surface area (Å²) in [5.41, 5.74) is 8.58. The van der Waals surface area contributed by atoms with Gasteiger partial charge in [-0.25, -0.2) is 0 Å². The molecule has 1 heterocycles. The van der Waals surface area contributed by atoms with Crippen molar-refractivity contribution in [1.82, 2.24) is 0 Å². The van der Waals surface area contributed by atoms with Crippen LogP contribution in [-0.4, -0.2) is 18.6 Å². The van der Waals surface area contributed by atoms with Crippen molar-refractivity contribution < 1.29 is 14.3 Å². The van der Waals surface area contributed by atoms with E-state index in [-0.39, 0.29) is 5.91 Å².